The van der Waals surface area contributed by atoms with Gasteiger partial charge in [0.2, 0.25) is 11.8 Å². The fraction of sp³-hybridized carbons (Fsp3) is 0.409. The number of anilines is 1. The summed E-state index contributed by atoms with van der Waals surface area (Å²) in [5.74, 6) is 1.62. The van der Waals surface area contributed by atoms with E-state index >= 15 is 0 Å². The van der Waals surface area contributed by atoms with Gasteiger partial charge in [0.25, 0.3) is 0 Å². The van der Waals surface area contributed by atoms with E-state index in [1.807, 2.05) is 36.7 Å². The van der Waals surface area contributed by atoms with Gasteiger partial charge >= 0.3 is 0 Å². The average Bonchev–Trinajstić information content (AvgIpc) is 3.34. The smallest absolute Gasteiger partial charge is 0.241 e. The maximum atomic E-state index is 11.6. The van der Waals surface area contributed by atoms with Crippen molar-refractivity contribution in [2.75, 3.05) is 31.6 Å². The molecule has 1 N–H and O–H groups in total. The Bertz CT molecular complexity index is 1130. The molecule has 0 saturated carbocycles. The first-order chi connectivity index (χ1) is 14.5. The SMILES string of the molecule is CC(Oc1nc(-c2ccc3c(c2)N(C)CCO3)cc2ncn(C)c12)[C@H]1CNC(=O)C1. The molecule has 2 aliphatic rings. The minimum atomic E-state index is -0.145. The number of hydrogen-bond acceptors (Lipinski definition) is 6. The molecular weight excluding hydrogens is 382 g/mol. The van der Waals surface area contributed by atoms with Gasteiger partial charge < -0.3 is 24.3 Å². The second kappa shape index (κ2) is 7.19. The standard InChI is InChI=1S/C22H25N5O3/c1-13(15-9-20(28)23-11-15)30-22-21-17(24-12-27(21)3)10-16(25-22)14-4-5-19-18(8-14)26(2)6-7-29-19/h4-5,8,10,12-13,15H,6-7,9,11H2,1-3H3,(H,23,28)/t13?,15-/m1/s1. The summed E-state index contributed by atoms with van der Waals surface area (Å²) in [5, 5.41) is 2.88. The van der Waals surface area contributed by atoms with Crippen molar-refractivity contribution >= 4 is 22.6 Å². The molecular formula is C22H25N5O3. The number of nitrogens with zero attached hydrogens (tertiary/aromatic N) is 4. The van der Waals surface area contributed by atoms with E-state index in [4.69, 9.17) is 14.5 Å². The molecule has 1 fully saturated rings. The summed E-state index contributed by atoms with van der Waals surface area (Å²) in [6.07, 6.45) is 2.10. The van der Waals surface area contributed by atoms with E-state index in [0.29, 0.717) is 25.5 Å². The number of likely N-dealkylation sites (N-methyl/N-ethyl adjacent to an activating group) is 1. The molecule has 0 spiro atoms. The number of ether oxygens (including phenoxy) is 2. The lowest BCUT2D eigenvalue weighted by atomic mass is 10.0. The molecule has 1 saturated heterocycles. The third kappa shape index (κ3) is 3.22. The highest BCUT2D eigenvalue weighted by atomic mass is 16.5. The van der Waals surface area contributed by atoms with Gasteiger partial charge in [-0.25, -0.2) is 9.97 Å². The third-order valence-corrected chi connectivity index (χ3v) is 5.98. The van der Waals surface area contributed by atoms with E-state index in [9.17, 15) is 4.79 Å². The van der Waals surface area contributed by atoms with Crippen LogP contribution in [0, 0.1) is 5.92 Å². The van der Waals surface area contributed by atoms with Crippen molar-refractivity contribution in [2.24, 2.45) is 13.0 Å². The summed E-state index contributed by atoms with van der Waals surface area (Å²) >= 11 is 0. The summed E-state index contributed by atoms with van der Waals surface area (Å²) in [6.45, 7) is 4.16. The predicted molar refractivity (Wildman–Crippen MR) is 114 cm³/mol. The Balaban J connectivity index is 1.54. The minimum Gasteiger partial charge on any atom is -0.490 e. The van der Waals surface area contributed by atoms with Crippen molar-refractivity contribution in [2.45, 2.75) is 19.4 Å². The molecule has 8 heteroatoms. The number of fused-ring (bicyclic) bond motifs is 2. The number of nitrogens with one attached hydrogen (secondary N) is 1. The molecule has 2 aliphatic heterocycles. The van der Waals surface area contributed by atoms with E-state index < -0.39 is 0 Å². The number of rotatable bonds is 4. The molecule has 30 heavy (non-hydrogen) atoms. The normalized spacial score (nSPS) is 19.4. The molecule has 1 aromatic carbocycles. The quantitative estimate of drug-likeness (QED) is 0.715. The van der Waals surface area contributed by atoms with Gasteiger partial charge in [0.1, 0.15) is 24.0 Å². The van der Waals surface area contributed by atoms with E-state index in [1.54, 1.807) is 6.33 Å². The van der Waals surface area contributed by atoms with E-state index in [0.717, 1.165) is 40.3 Å². The summed E-state index contributed by atoms with van der Waals surface area (Å²) in [6, 6.07) is 8.09. The number of imidazole rings is 1. The zero-order chi connectivity index (χ0) is 20.8. The Morgan fingerprint density at radius 3 is 2.97 bits per heavy atom. The zero-order valence-electron chi connectivity index (χ0n) is 17.4. The van der Waals surface area contributed by atoms with Crippen molar-refractivity contribution in [1.82, 2.24) is 19.9 Å². The van der Waals surface area contributed by atoms with Crippen molar-refractivity contribution in [3.63, 3.8) is 0 Å². The largest absolute Gasteiger partial charge is 0.490 e. The van der Waals surface area contributed by atoms with Gasteiger partial charge in [-0.15, -0.1) is 0 Å². The fourth-order valence-electron chi connectivity index (χ4n) is 4.11. The lowest BCUT2D eigenvalue weighted by Crippen LogP contribution is -2.28. The summed E-state index contributed by atoms with van der Waals surface area (Å²) in [4.78, 5) is 23.2. The van der Waals surface area contributed by atoms with Gasteiger partial charge in [-0.05, 0) is 31.2 Å². The van der Waals surface area contributed by atoms with Crippen LogP contribution in [-0.4, -0.2) is 53.3 Å². The van der Waals surface area contributed by atoms with Gasteiger partial charge in [0.15, 0.2) is 0 Å². The van der Waals surface area contributed by atoms with Crippen LogP contribution in [0.25, 0.3) is 22.3 Å². The van der Waals surface area contributed by atoms with Crippen molar-refractivity contribution in [1.29, 1.82) is 0 Å². The van der Waals surface area contributed by atoms with Crippen LogP contribution in [0.15, 0.2) is 30.6 Å². The number of benzene rings is 1. The molecule has 156 valence electrons. The Morgan fingerprint density at radius 1 is 1.30 bits per heavy atom. The first kappa shape index (κ1) is 18.7. The van der Waals surface area contributed by atoms with Gasteiger partial charge in [-0.3, -0.25) is 4.79 Å². The molecule has 0 aliphatic carbocycles. The van der Waals surface area contributed by atoms with Crippen LogP contribution in [-0.2, 0) is 11.8 Å². The number of carbonyl (C=O) groups is 1. The number of aromatic nitrogens is 3. The summed E-state index contributed by atoms with van der Waals surface area (Å²) in [7, 11) is 3.99. The van der Waals surface area contributed by atoms with Crippen LogP contribution in [0.3, 0.4) is 0 Å². The Labute approximate surface area is 174 Å². The molecule has 2 atom stereocenters. The molecule has 1 amide bonds. The molecule has 0 radical (unpaired) electrons. The number of hydrogen-bond donors (Lipinski definition) is 1. The van der Waals surface area contributed by atoms with Gasteiger partial charge in [-0.1, -0.05) is 0 Å². The number of amides is 1. The molecule has 4 heterocycles. The van der Waals surface area contributed by atoms with Crippen molar-refractivity contribution < 1.29 is 14.3 Å². The lowest BCUT2D eigenvalue weighted by Gasteiger charge is -2.28. The highest BCUT2D eigenvalue weighted by Gasteiger charge is 2.29. The zero-order valence-corrected chi connectivity index (χ0v) is 17.4. The molecule has 2 aromatic heterocycles. The van der Waals surface area contributed by atoms with E-state index in [2.05, 4.69) is 28.3 Å². The highest BCUT2D eigenvalue weighted by Crippen LogP contribution is 2.36. The lowest BCUT2D eigenvalue weighted by molar-refractivity contribution is -0.119. The van der Waals surface area contributed by atoms with E-state index in [1.165, 1.54) is 0 Å². The van der Waals surface area contributed by atoms with Gasteiger partial charge in [0, 0.05) is 38.5 Å². The molecule has 5 rings (SSSR count). The monoisotopic (exact) mass is 407 g/mol. The van der Waals surface area contributed by atoms with Crippen LogP contribution < -0.4 is 19.7 Å². The highest BCUT2D eigenvalue weighted by molar-refractivity contribution is 5.85. The first-order valence-corrected chi connectivity index (χ1v) is 10.2. The van der Waals surface area contributed by atoms with Crippen LogP contribution in [0.5, 0.6) is 11.6 Å². The topological polar surface area (TPSA) is 81.5 Å². The van der Waals surface area contributed by atoms with Crippen LogP contribution in [0.2, 0.25) is 0 Å². The van der Waals surface area contributed by atoms with Gasteiger partial charge in [0.05, 0.1) is 29.8 Å². The van der Waals surface area contributed by atoms with Crippen LogP contribution in [0.4, 0.5) is 5.69 Å². The summed E-state index contributed by atoms with van der Waals surface area (Å²) in [5.41, 5.74) is 4.50. The second-order valence-electron chi connectivity index (χ2n) is 8.08. The fourth-order valence-corrected chi connectivity index (χ4v) is 4.11. The van der Waals surface area contributed by atoms with Crippen molar-refractivity contribution in [3.05, 3.63) is 30.6 Å². The number of pyridine rings is 1. The molecule has 0 bridgehead atoms. The molecule has 3 aromatic rings. The average molecular weight is 407 g/mol. The minimum absolute atomic E-state index is 0.0724. The Kier molecular flexibility index (Phi) is 4.49. The maximum absolute atomic E-state index is 11.6. The summed E-state index contributed by atoms with van der Waals surface area (Å²) < 4.78 is 14.0. The first-order valence-electron chi connectivity index (χ1n) is 10.2. The number of carbonyl (C=O) groups excluding carboxylic acids is 1. The van der Waals surface area contributed by atoms with Crippen molar-refractivity contribution in [3.8, 4) is 22.9 Å². The predicted octanol–water partition coefficient (Wildman–Crippen LogP) is 2.37. The molecule has 8 nitrogen and oxygen atoms in total. The second-order valence-corrected chi connectivity index (χ2v) is 8.08. The molecule has 1 unspecified atom stereocenters. The van der Waals surface area contributed by atoms with Crippen LogP contribution >= 0.6 is 0 Å². The van der Waals surface area contributed by atoms with Crippen LogP contribution in [0.1, 0.15) is 13.3 Å². The van der Waals surface area contributed by atoms with Gasteiger partial charge in [-0.2, -0.15) is 0 Å². The Hall–Kier alpha value is -3.29. The number of aryl methyl sites for hydroxylation is 1. The Morgan fingerprint density at radius 2 is 2.17 bits per heavy atom. The third-order valence-electron chi connectivity index (χ3n) is 5.98. The maximum Gasteiger partial charge on any atom is 0.241 e. The van der Waals surface area contributed by atoms with E-state index in [-0.39, 0.29) is 17.9 Å².